The fraction of sp³-hybridized carbons (Fsp3) is 0.684. The lowest BCUT2D eigenvalue weighted by atomic mass is 9.76. The van der Waals surface area contributed by atoms with Crippen LogP contribution in [0.15, 0.2) is 24.3 Å². The molecule has 1 aromatic carbocycles. The Morgan fingerprint density at radius 3 is 1.35 bits per heavy atom. The second kappa shape index (κ2) is 9.22. The summed E-state index contributed by atoms with van der Waals surface area (Å²) in [7, 11) is -5.84. The van der Waals surface area contributed by atoms with Gasteiger partial charge in [-0.25, -0.2) is 0 Å². The molecule has 0 radical (unpaired) electrons. The van der Waals surface area contributed by atoms with E-state index >= 15 is 0 Å². The highest BCUT2D eigenvalue weighted by Crippen LogP contribution is 2.40. The van der Waals surface area contributed by atoms with Crippen LogP contribution in [0.2, 0.25) is 0 Å². The number of hydrogen-bond donors (Lipinski definition) is 1. The second-order valence-corrected chi connectivity index (χ2v) is 8.63. The first-order valence-corrected chi connectivity index (χ1v) is 10.8. The van der Waals surface area contributed by atoms with E-state index in [1.54, 1.807) is 11.1 Å². The monoisotopic (exact) mass is 392 g/mol. The minimum absolute atomic E-state index is 0.872. The van der Waals surface area contributed by atoms with E-state index in [0.29, 0.717) is 0 Å². The van der Waals surface area contributed by atoms with Crippen molar-refractivity contribution in [1.82, 2.24) is 0 Å². The highest BCUT2D eigenvalue weighted by Gasteiger charge is 2.44. The van der Waals surface area contributed by atoms with Gasteiger partial charge < -0.3 is 0 Å². The van der Waals surface area contributed by atoms with Gasteiger partial charge >= 0.3 is 15.6 Å². The van der Waals surface area contributed by atoms with E-state index < -0.39 is 15.6 Å². The zero-order valence-corrected chi connectivity index (χ0v) is 15.7. The van der Waals surface area contributed by atoms with Crippen LogP contribution in [0.25, 0.3) is 0 Å². The molecule has 3 nitrogen and oxygen atoms in total. The Balaban J connectivity index is 0.000000260. The van der Waals surface area contributed by atoms with Crippen LogP contribution >= 0.6 is 0 Å². The Labute approximate surface area is 153 Å². The Hall–Kier alpha value is -1.08. The van der Waals surface area contributed by atoms with Gasteiger partial charge in [-0.2, -0.15) is 21.6 Å². The fourth-order valence-corrected chi connectivity index (χ4v) is 4.08. The molecular weight excluding hydrogens is 365 g/mol. The topological polar surface area (TPSA) is 54.4 Å². The summed E-state index contributed by atoms with van der Waals surface area (Å²) in [5, 5.41) is 0. The summed E-state index contributed by atoms with van der Waals surface area (Å²) in [5.74, 6) is 1.74. The maximum absolute atomic E-state index is 10.7. The van der Waals surface area contributed by atoms with Crippen LogP contribution in [0.5, 0.6) is 0 Å². The molecule has 148 valence electrons. The van der Waals surface area contributed by atoms with Crippen molar-refractivity contribution >= 4 is 10.1 Å². The Kier molecular flexibility index (Phi) is 7.52. The van der Waals surface area contributed by atoms with Crippen LogP contribution in [0, 0.1) is 0 Å². The molecule has 2 saturated carbocycles. The molecule has 0 unspecified atom stereocenters. The van der Waals surface area contributed by atoms with Crippen molar-refractivity contribution in [3.63, 3.8) is 0 Å². The molecule has 7 heteroatoms. The van der Waals surface area contributed by atoms with Gasteiger partial charge in [-0.05, 0) is 48.6 Å². The predicted octanol–water partition coefficient (Wildman–Crippen LogP) is 6.18. The lowest BCUT2D eigenvalue weighted by Crippen LogP contribution is -2.21. The maximum atomic E-state index is 10.7. The quantitative estimate of drug-likeness (QED) is 0.483. The van der Waals surface area contributed by atoms with Crippen molar-refractivity contribution in [2.24, 2.45) is 0 Å². The van der Waals surface area contributed by atoms with Crippen LogP contribution in [0.3, 0.4) is 0 Å². The molecule has 1 N–H and O–H groups in total. The normalized spacial score (nSPS) is 20.3. The van der Waals surface area contributed by atoms with Crippen LogP contribution in [-0.4, -0.2) is 18.5 Å². The molecule has 0 saturated heterocycles. The molecule has 0 bridgehead atoms. The molecule has 2 fully saturated rings. The molecule has 0 aromatic heterocycles. The van der Waals surface area contributed by atoms with Gasteiger partial charge in [0, 0.05) is 0 Å². The highest BCUT2D eigenvalue weighted by atomic mass is 32.2. The van der Waals surface area contributed by atoms with Gasteiger partial charge in [0.15, 0.2) is 0 Å². The summed E-state index contributed by atoms with van der Waals surface area (Å²) in [4.78, 5) is 0. The Morgan fingerprint density at radius 1 is 0.769 bits per heavy atom. The summed E-state index contributed by atoms with van der Waals surface area (Å²) >= 11 is 0. The smallest absolute Gasteiger partial charge is 0.279 e. The van der Waals surface area contributed by atoms with E-state index in [1.807, 2.05) is 0 Å². The van der Waals surface area contributed by atoms with Crippen molar-refractivity contribution in [3.05, 3.63) is 35.4 Å². The second-order valence-electron chi connectivity index (χ2n) is 7.22. The van der Waals surface area contributed by atoms with Crippen LogP contribution in [0.4, 0.5) is 13.2 Å². The third-order valence-corrected chi connectivity index (χ3v) is 5.96. The van der Waals surface area contributed by atoms with Crippen molar-refractivity contribution in [1.29, 1.82) is 0 Å². The predicted molar refractivity (Wildman–Crippen MR) is 95.7 cm³/mol. The summed E-state index contributed by atoms with van der Waals surface area (Å²) in [6, 6.07) is 9.38. The molecule has 2 aliphatic rings. The van der Waals surface area contributed by atoms with E-state index in [9.17, 15) is 13.2 Å². The molecule has 0 atom stereocenters. The zero-order valence-electron chi connectivity index (χ0n) is 14.8. The van der Waals surface area contributed by atoms with E-state index in [1.165, 1.54) is 64.2 Å². The number of hydrogen-bond acceptors (Lipinski definition) is 2. The molecule has 2 aliphatic carbocycles. The summed E-state index contributed by atoms with van der Waals surface area (Å²) in [6.45, 7) is 0. The van der Waals surface area contributed by atoms with Gasteiger partial charge in [-0.3, -0.25) is 4.55 Å². The average molecular weight is 392 g/mol. The van der Waals surface area contributed by atoms with Crippen molar-refractivity contribution < 1.29 is 26.1 Å². The lowest BCUT2D eigenvalue weighted by Gasteiger charge is -2.29. The number of alkyl halides is 3. The fourth-order valence-electron chi connectivity index (χ4n) is 4.08. The van der Waals surface area contributed by atoms with Crippen molar-refractivity contribution in [2.75, 3.05) is 0 Å². The molecule has 0 aliphatic heterocycles. The van der Waals surface area contributed by atoms with Gasteiger partial charge in [-0.15, -0.1) is 0 Å². The first-order valence-electron chi connectivity index (χ1n) is 9.32. The maximum Gasteiger partial charge on any atom is 0.522 e. The molecule has 1 aromatic rings. The number of halogens is 3. The minimum Gasteiger partial charge on any atom is -0.279 e. The molecule has 0 amide bonds. The third kappa shape index (κ3) is 5.98. The van der Waals surface area contributed by atoms with Gasteiger partial charge in [0.2, 0.25) is 0 Å². The van der Waals surface area contributed by atoms with E-state index in [2.05, 4.69) is 24.3 Å². The van der Waals surface area contributed by atoms with Gasteiger partial charge in [0.05, 0.1) is 0 Å². The SMILES string of the molecule is O=S(=O)(O)C(F)(F)F.c1ccc(C2CCCCC2)c(C2CCCCC2)c1. The van der Waals surface area contributed by atoms with Gasteiger partial charge in [0.25, 0.3) is 0 Å². The first-order chi connectivity index (χ1) is 12.2. The standard InChI is InChI=1S/C18H26.CHF3O3S/c1-3-9-15(10-4-1)17-13-7-8-14-18(17)16-11-5-2-6-12-16;2-1(3,4)8(5,6)7/h7-8,13-16H,1-6,9-12H2;(H,5,6,7). The Bertz CT molecular complexity index is 622. The van der Waals surface area contributed by atoms with E-state index in [-0.39, 0.29) is 0 Å². The molecular formula is C19H27F3O3S. The first kappa shape index (κ1) is 21.2. The van der Waals surface area contributed by atoms with Gasteiger partial charge in [0.1, 0.15) is 0 Å². The Morgan fingerprint density at radius 2 is 1.08 bits per heavy atom. The van der Waals surface area contributed by atoms with Gasteiger partial charge in [-0.1, -0.05) is 62.8 Å². The lowest BCUT2D eigenvalue weighted by molar-refractivity contribution is -0.0510. The summed E-state index contributed by atoms with van der Waals surface area (Å²) < 4.78 is 57.5. The number of rotatable bonds is 2. The highest BCUT2D eigenvalue weighted by molar-refractivity contribution is 7.86. The minimum atomic E-state index is -5.84. The van der Waals surface area contributed by atoms with E-state index in [0.717, 1.165) is 11.8 Å². The van der Waals surface area contributed by atoms with Crippen molar-refractivity contribution in [3.8, 4) is 0 Å². The third-order valence-electron chi connectivity index (χ3n) is 5.38. The van der Waals surface area contributed by atoms with Crippen LogP contribution in [-0.2, 0) is 10.1 Å². The van der Waals surface area contributed by atoms with E-state index in [4.69, 9.17) is 13.0 Å². The van der Waals surface area contributed by atoms with Crippen LogP contribution < -0.4 is 0 Å². The molecule has 0 heterocycles. The zero-order chi connectivity index (χ0) is 19.2. The van der Waals surface area contributed by atoms with Crippen LogP contribution in [0.1, 0.15) is 87.2 Å². The molecule has 0 spiro atoms. The average Bonchev–Trinajstić information content (AvgIpc) is 2.62. The molecule has 3 rings (SSSR count). The number of benzene rings is 1. The van der Waals surface area contributed by atoms with Crippen molar-refractivity contribution in [2.45, 2.75) is 81.6 Å². The largest absolute Gasteiger partial charge is 0.522 e. The summed E-state index contributed by atoms with van der Waals surface area (Å²) in [5.41, 5.74) is -2.11. The summed E-state index contributed by atoms with van der Waals surface area (Å²) in [6.07, 6.45) is 14.5. The molecule has 26 heavy (non-hydrogen) atoms.